The Bertz CT molecular complexity index is 415. The number of nitrogens with two attached hydrogens (primary N) is 1. The van der Waals surface area contributed by atoms with Crippen LogP contribution in [0.15, 0.2) is 18.2 Å². The SMILES string of the molecule is CCC1CC1Nc1ccc(C(F)(F)F)cc1N. The Kier molecular flexibility index (Phi) is 2.93. The van der Waals surface area contributed by atoms with E-state index < -0.39 is 11.7 Å². The molecule has 1 saturated carbocycles. The molecule has 5 heteroatoms. The van der Waals surface area contributed by atoms with Gasteiger partial charge in [-0.3, -0.25) is 0 Å². The van der Waals surface area contributed by atoms with Gasteiger partial charge in [-0.05, 0) is 30.5 Å². The molecule has 0 radical (unpaired) electrons. The van der Waals surface area contributed by atoms with Crippen molar-refractivity contribution in [1.82, 2.24) is 0 Å². The first-order valence-electron chi connectivity index (χ1n) is 5.65. The fraction of sp³-hybridized carbons (Fsp3) is 0.500. The number of hydrogen-bond acceptors (Lipinski definition) is 2. The maximum atomic E-state index is 12.4. The second kappa shape index (κ2) is 4.13. The minimum Gasteiger partial charge on any atom is -0.397 e. The van der Waals surface area contributed by atoms with Crippen molar-refractivity contribution >= 4 is 11.4 Å². The lowest BCUT2D eigenvalue weighted by Gasteiger charge is -2.12. The molecular weight excluding hydrogens is 229 g/mol. The standard InChI is InChI=1S/C12H15F3N2/c1-2-7-5-11(7)17-10-4-3-8(6-9(10)16)12(13,14)15/h3-4,6-7,11,17H,2,5,16H2,1H3. The molecule has 0 saturated heterocycles. The molecule has 94 valence electrons. The Balaban J connectivity index is 2.10. The average molecular weight is 244 g/mol. The zero-order valence-corrected chi connectivity index (χ0v) is 9.51. The molecule has 1 aliphatic carbocycles. The summed E-state index contributed by atoms with van der Waals surface area (Å²) in [4.78, 5) is 0. The molecule has 2 unspecified atom stereocenters. The van der Waals surface area contributed by atoms with Crippen LogP contribution in [0, 0.1) is 5.92 Å². The Morgan fingerprint density at radius 3 is 2.59 bits per heavy atom. The van der Waals surface area contributed by atoms with E-state index in [0.717, 1.165) is 25.0 Å². The molecule has 3 N–H and O–H groups in total. The van der Waals surface area contributed by atoms with Gasteiger partial charge in [0.05, 0.1) is 16.9 Å². The van der Waals surface area contributed by atoms with Crippen molar-refractivity contribution in [3.05, 3.63) is 23.8 Å². The van der Waals surface area contributed by atoms with E-state index in [2.05, 4.69) is 12.2 Å². The first-order valence-corrected chi connectivity index (χ1v) is 5.65. The van der Waals surface area contributed by atoms with Crippen LogP contribution in [0.25, 0.3) is 0 Å². The molecule has 2 atom stereocenters. The number of halogens is 3. The molecule has 1 fully saturated rings. The van der Waals surface area contributed by atoms with Crippen LogP contribution in [0.1, 0.15) is 25.3 Å². The zero-order valence-electron chi connectivity index (χ0n) is 9.51. The van der Waals surface area contributed by atoms with E-state index in [0.29, 0.717) is 17.6 Å². The van der Waals surface area contributed by atoms with Crippen LogP contribution >= 0.6 is 0 Å². The summed E-state index contributed by atoms with van der Waals surface area (Å²) >= 11 is 0. The van der Waals surface area contributed by atoms with Crippen molar-refractivity contribution < 1.29 is 13.2 Å². The Morgan fingerprint density at radius 2 is 2.12 bits per heavy atom. The van der Waals surface area contributed by atoms with Crippen LogP contribution in [-0.2, 0) is 6.18 Å². The van der Waals surface area contributed by atoms with Gasteiger partial charge in [0, 0.05) is 6.04 Å². The van der Waals surface area contributed by atoms with Gasteiger partial charge < -0.3 is 11.1 Å². The summed E-state index contributed by atoms with van der Waals surface area (Å²) in [7, 11) is 0. The predicted molar refractivity (Wildman–Crippen MR) is 61.7 cm³/mol. The van der Waals surface area contributed by atoms with Gasteiger partial charge in [-0.25, -0.2) is 0 Å². The van der Waals surface area contributed by atoms with Gasteiger partial charge in [-0.15, -0.1) is 0 Å². The fourth-order valence-electron chi connectivity index (χ4n) is 1.95. The molecule has 17 heavy (non-hydrogen) atoms. The molecular formula is C12H15F3N2. The molecule has 0 aromatic heterocycles. The average Bonchev–Trinajstić information content (AvgIpc) is 2.98. The van der Waals surface area contributed by atoms with Gasteiger partial charge in [0.1, 0.15) is 0 Å². The van der Waals surface area contributed by atoms with E-state index in [9.17, 15) is 13.2 Å². The van der Waals surface area contributed by atoms with Crippen LogP contribution < -0.4 is 11.1 Å². The first-order chi connectivity index (χ1) is 7.91. The summed E-state index contributed by atoms with van der Waals surface area (Å²) in [6.45, 7) is 2.10. The van der Waals surface area contributed by atoms with Crippen molar-refractivity contribution in [3.8, 4) is 0 Å². The van der Waals surface area contributed by atoms with Crippen molar-refractivity contribution in [2.45, 2.75) is 32.0 Å². The summed E-state index contributed by atoms with van der Waals surface area (Å²) < 4.78 is 37.2. The quantitative estimate of drug-likeness (QED) is 0.799. The van der Waals surface area contributed by atoms with Crippen molar-refractivity contribution in [2.75, 3.05) is 11.1 Å². The molecule has 0 spiro atoms. The van der Waals surface area contributed by atoms with Crippen molar-refractivity contribution in [3.63, 3.8) is 0 Å². The van der Waals surface area contributed by atoms with E-state index in [1.54, 1.807) is 0 Å². The highest BCUT2D eigenvalue weighted by Gasteiger charge is 2.36. The van der Waals surface area contributed by atoms with Gasteiger partial charge in [-0.2, -0.15) is 13.2 Å². The second-order valence-corrected chi connectivity index (χ2v) is 4.45. The third-order valence-corrected chi connectivity index (χ3v) is 3.17. The maximum absolute atomic E-state index is 12.4. The van der Waals surface area contributed by atoms with E-state index in [-0.39, 0.29) is 5.69 Å². The normalized spacial score (nSPS) is 23.5. The molecule has 1 aromatic carbocycles. The third kappa shape index (κ3) is 2.65. The minimum absolute atomic E-state index is 0.154. The van der Waals surface area contributed by atoms with Crippen LogP contribution in [0.2, 0.25) is 0 Å². The third-order valence-electron chi connectivity index (χ3n) is 3.17. The lowest BCUT2D eigenvalue weighted by atomic mass is 10.1. The van der Waals surface area contributed by atoms with Gasteiger partial charge in [-0.1, -0.05) is 13.3 Å². The summed E-state index contributed by atoms with van der Waals surface area (Å²) in [5, 5.41) is 3.17. The Labute approximate surface area is 98.0 Å². The molecule has 0 bridgehead atoms. The highest BCUT2D eigenvalue weighted by Crippen LogP contribution is 2.38. The largest absolute Gasteiger partial charge is 0.416 e. The predicted octanol–water partition coefficient (Wildman–Crippen LogP) is 3.50. The Hall–Kier alpha value is -1.39. The number of benzene rings is 1. The van der Waals surface area contributed by atoms with Crippen molar-refractivity contribution in [1.29, 1.82) is 0 Å². The summed E-state index contributed by atoms with van der Waals surface area (Å²) in [5.41, 5.74) is 5.66. The minimum atomic E-state index is -4.34. The molecule has 2 rings (SSSR count). The topological polar surface area (TPSA) is 38.0 Å². The monoisotopic (exact) mass is 244 g/mol. The summed E-state index contributed by atoms with van der Waals surface area (Å²) in [6, 6.07) is 3.80. The van der Waals surface area contributed by atoms with Crippen molar-refractivity contribution in [2.24, 2.45) is 5.92 Å². The Morgan fingerprint density at radius 1 is 1.41 bits per heavy atom. The lowest BCUT2D eigenvalue weighted by molar-refractivity contribution is -0.137. The van der Waals surface area contributed by atoms with Gasteiger partial charge in [0.2, 0.25) is 0 Å². The van der Waals surface area contributed by atoms with Crippen LogP contribution in [0.4, 0.5) is 24.5 Å². The van der Waals surface area contributed by atoms with E-state index in [4.69, 9.17) is 5.73 Å². The highest BCUT2D eigenvalue weighted by atomic mass is 19.4. The van der Waals surface area contributed by atoms with Gasteiger partial charge >= 0.3 is 6.18 Å². The number of anilines is 2. The lowest BCUT2D eigenvalue weighted by Crippen LogP contribution is -2.09. The number of nitrogens with one attached hydrogen (secondary N) is 1. The molecule has 0 amide bonds. The fourth-order valence-corrected chi connectivity index (χ4v) is 1.95. The zero-order chi connectivity index (χ0) is 12.6. The number of alkyl halides is 3. The van der Waals surface area contributed by atoms with E-state index >= 15 is 0 Å². The van der Waals surface area contributed by atoms with E-state index in [1.165, 1.54) is 6.07 Å². The van der Waals surface area contributed by atoms with Gasteiger partial charge in [0.15, 0.2) is 0 Å². The van der Waals surface area contributed by atoms with Gasteiger partial charge in [0.25, 0.3) is 0 Å². The molecule has 1 aromatic rings. The summed E-state index contributed by atoms with van der Waals surface area (Å²) in [6.07, 6.45) is -2.19. The number of nitrogen functional groups attached to an aromatic ring is 1. The molecule has 0 heterocycles. The second-order valence-electron chi connectivity index (χ2n) is 4.45. The number of rotatable bonds is 3. The first kappa shape index (κ1) is 12.1. The van der Waals surface area contributed by atoms with Crippen LogP contribution in [0.5, 0.6) is 0 Å². The smallest absolute Gasteiger partial charge is 0.397 e. The van der Waals surface area contributed by atoms with E-state index in [1.807, 2.05) is 0 Å². The van der Waals surface area contributed by atoms with Crippen LogP contribution in [-0.4, -0.2) is 6.04 Å². The molecule has 0 aliphatic heterocycles. The molecule has 1 aliphatic rings. The van der Waals surface area contributed by atoms with Crippen LogP contribution in [0.3, 0.4) is 0 Å². The number of hydrogen-bond donors (Lipinski definition) is 2. The maximum Gasteiger partial charge on any atom is 0.416 e. The highest BCUT2D eigenvalue weighted by molar-refractivity contribution is 5.68. The molecule has 2 nitrogen and oxygen atoms in total. The summed E-state index contributed by atoms with van der Waals surface area (Å²) in [5.74, 6) is 0.622.